The maximum Gasteiger partial charge on any atom is 0.239 e. The fourth-order valence-corrected chi connectivity index (χ4v) is 2.40. The lowest BCUT2D eigenvalue weighted by Gasteiger charge is -2.23. The molecule has 1 aromatic heterocycles. The van der Waals surface area contributed by atoms with Gasteiger partial charge in [-0.3, -0.25) is 4.79 Å². The molecule has 1 aliphatic rings. The summed E-state index contributed by atoms with van der Waals surface area (Å²) in [5.41, 5.74) is 6.45. The zero-order valence-electron chi connectivity index (χ0n) is 13.0. The van der Waals surface area contributed by atoms with E-state index in [9.17, 15) is 4.79 Å². The Labute approximate surface area is 125 Å². The maximum absolute atomic E-state index is 11.5. The number of hydrogen-bond acceptors (Lipinski definition) is 5. The molecule has 2 rings (SSSR count). The smallest absolute Gasteiger partial charge is 0.239 e. The van der Waals surface area contributed by atoms with Crippen molar-refractivity contribution in [3.05, 3.63) is 12.1 Å². The number of ether oxygens (including phenoxy) is 1. The van der Waals surface area contributed by atoms with Crippen molar-refractivity contribution >= 4 is 17.4 Å². The molecule has 1 amide bonds. The Balaban J connectivity index is 2.12. The van der Waals surface area contributed by atoms with E-state index in [1.807, 2.05) is 30.9 Å². The summed E-state index contributed by atoms with van der Waals surface area (Å²) in [6.45, 7) is 8.69. The highest BCUT2D eigenvalue weighted by Crippen LogP contribution is 2.24. The summed E-state index contributed by atoms with van der Waals surface area (Å²) in [6, 6.07) is 3.74. The van der Waals surface area contributed by atoms with Crippen molar-refractivity contribution in [1.82, 2.24) is 9.88 Å². The molecular weight excluding hydrogens is 268 g/mol. The van der Waals surface area contributed by atoms with Crippen LogP contribution in [-0.2, 0) is 4.79 Å². The van der Waals surface area contributed by atoms with E-state index >= 15 is 0 Å². The first-order valence-electron chi connectivity index (χ1n) is 7.41. The molecule has 0 radical (unpaired) electrons. The number of nitrogens with zero attached hydrogens (tertiary/aromatic N) is 3. The Hall–Kier alpha value is -1.98. The molecule has 6 nitrogen and oxygen atoms in total. The van der Waals surface area contributed by atoms with Crippen LogP contribution in [0.25, 0.3) is 0 Å². The predicted molar refractivity (Wildman–Crippen MR) is 83.5 cm³/mol. The molecule has 0 aromatic carbocycles. The van der Waals surface area contributed by atoms with Crippen LogP contribution in [0.15, 0.2) is 12.1 Å². The summed E-state index contributed by atoms with van der Waals surface area (Å²) in [4.78, 5) is 20.0. The van der Waals surface area contributed by atoms with Gasteiger partial charge in [0.1, 0.15) is 5.82 Å². The van der Waals surface area contributed by atoms with Crippen LogP contribution in [0, 0.1) is 0 Å². The van der Waals surface area contributed by atoms with Crippen molar-refractivity contribution in [3.8, 4) is 5.88 Å². The Morgan fingerprint density at radius 2 is 2.05 bits per heavy atom. The first-order valence-corrected chi connectivity index (χ1v) is 7.41. The highest BCUT2D eigenvalue weighted by molar-refractivity contribution is 5.73. The van der Waals surface area contributed by atoms with Crippen molar-refractivity contribution in [2.45, 2.75) is 33.3 Å². The molecule has 1 aliphatic heterocycles. The van der Waals surface area contributed by atoms with E-state index in [4.69, 9.17) is 10.5 Å². The molecule has 116 valence electrons. The van der Waals surface area contributed by atoms with Gasteiger partial charge in [-0.2, -0.15) is 4.98 Å². The second kappa shape index (κ2) is 6.65. The molecule has 0 unspecified atom stereocenters. The first kappa shape index (κ1) is 15.4. The quantitative estimate of drug-likeness (QED) is 0.914. The minimum absolute atomic E-state index is 0.0346. The van der Waals surface area contributed by atoms with Crippen molar-refractivity contribution in [1.29, 1.82) is 0 Å². The van der Waals surface area contributed by atoms with E-state index < -0.39 is 0 Å². The molecule has 21 heavy (non-hydrogen) atoms. The van der Waals surface area contributed by atoms with Gasteiger partial charge in [0.15, 0.2) is 0 Å². The van der Waals surface area contributed by atoms with Crippen molar-refractivity contribution < 1.29 is 9.53 Å². The van der Waals surface area contributed by atoms with E-state index in [1.54, 1.807) is 6.92 Å². The van der Waals surface area contributed by atoms with Crippen LogP contribution in [0.2, 0.25) is 0 Å². The van der Waals surface area contributed by atoms with Crippen LogP contribution in [-0.4, -0.2) is 48.1 Å². The number of aromatic nitrogens is 1. The number of rotatable bonds is 3. The zero-order chi connectivity index (χ0) is 15.4. The lowest BCUT2D eigenvalue weighted by atomic mass is 10.3. The van der Waals surface area contributed by atoms with E-state index in [0.717, 1.165) is 38.4 Å². The monoisotopic (exact) mass is 292 g/mol. The summed E-state index contributed by atoms with van der Waals surface area (Å²) in [6.07, 6.45) is 0.971. The maximum atomic E-state index is 11.5. The Kier molecular flexibility index (Phi) is 4.88. The number of nitrogen functional groups attached to an aromatic ring is 1. The van der Waals surface area contributed by atoms with Gasteiger partial charge in [0.25, 0.3) is 0 Å². The molecule has 0 saturated carbocycles. The molecule has 1 fully saturated rings. The van der Waals surface area contributed by atoms with Crippen molar-refractivity contribution in [3.63, 3.8) is 0 Å². The lowest BCUT2D eigenvalue weighted by molar-refractivity contribution is -0.128. The fourth-order valence-electron chi connectivity index (χ4n) is 2.40. The van der Waals surface area contributed by atoms with E-state index in [2.05, 4.69) is 9.88 Å². The summed E-state index contributed by atoms with van der Waals surface area (Å²) in [5.74, 6) is 1.46. The van der Waals surface area contributed by atoms with Gasteiger partial charge >= 0.3 is 0 Å². The van der Waals surface area contributed by atoms with Crippen LogP contribution in [0.3, 0.4) is 0 Å². The fraction of sp³-hybridized carbons (Fsp3) is 0.600. The SMILES string of the molecule is CC(=O)N1CCCN(c2ccc(N)c(OC(C)C)n2)CC1. The van der Waals surface area contributed by atoms with Gasteiger partial charge in [0.2, 0.25) is 11.8 Å². The van der Waals surface area contributed by atoms with Crippen LogP contribution in [0.5, 0.6) is 5.88 Å². The van der Waals surface area contributed by atoms with Crippen molar-refractivity contribution in [2.75, 3.05) is 36.8 Å². The summed E-state index contributed by atoms with van der Waals surface area (Å²) >= 11 is 0. The first-order chi connectivity index (χ1) is 9.97. The number of amides is 1. The van der Waals surface area contributed by atoms with E-state index in [-0.39, 0.29) is 12.0 Å². The topological polar surface area (TPSA) is 71.7 Å². The van der Waals surface area contributed by atoms with E-state index in [0.29, 0.717) is 11.6 Å². The molecule has 2 N–H and O–H groups in total. The number of anilines is 2. The van der Waals surface area contributed by atoms with Crippen molar-refractivity contribution in [2.24, 2.45) is 0 Å². The highest BCUT2D eigenvalue weighted by Gasteiger charge is 2.18. The molecule has 2 heterocycles. The summed E-state index contributed by atoms with van der Waals surface area (Å²) in [5, 5.41) is 0. The van der Waals surface area contributed by atoms with Gasteiger partial charge in [-0.1, -0.05) is 0 Å². The number of pyridine rings is 1. The lowest BCUT2D eigenvalue weighted by Crippen LogP contribution is -2.33. The Bertz CT molecular complexity index is 504. The largest absolute Gasteiger partial charge is 0.473 e. The summed E-state index contributed by atoms with van der Waals surface area (Å²) < 4.78 is 5.64. The summed E-state index contributed by atoms with van der Waals surface area (Å²) in [7, 11) is 0. The molecule has 1 aromatic rings. The van der Waals surface area contributed by atoms with E-state index in [1.165, 1.54) is 0 Å². The molecular formula is C15H24N4O2. The third-order valence-corrected chi connectivity index (χ3v) is 3.49. The average molecular weight is 292 g/mol. The zero-order valence-corrected chi connectivity index (χ0v) is 13.0. The molecule has 0 atom stereocenters. The standard InChI is InChI=1S/C15H24N4O2/c1-11(2)21-15-13(16)5-6-14(17-15)19-8-4-7-18(9-10-19)12(3)20/h5-6,11H,4,7-10,16H2,1-3H3. The van der Waals surface area contributed by atoms with Gasteiger partial charge in [0.05, 0.1) is 11.8 Å². The second-order valence-electron chi connectivity index (χ2n) is 5.58. The number of carbonyl (C=O) groups is 1. The highest BCUT2D eigenvalue weighted by atomic mass is 16.5. The third kappa shape index (κ3) is 4.00. The molecule has 1 saturated heterocycles. The van der Waals surface area contributed by atoms with Crippen LogP contribution in [0.4, 0.5) is 11.5 Å². The molecule has 6 heteroatoms. The van der Waals surface area contributed by atoms with Gasteiger partial charge in [0, 0.05) is 33.1 Å². The number of hydrogen-bond donors (Lipinski definition) is 1. The second-order valence-corrected chi connectivity index (χ2v) is 5.58. The number of nitrogens with two attached hydrogens (primary N) is 1. The van der Waals surface area contributed by atoms with Crippen LogP contribution >= 0.6 is 0 Å². The van der Waals surface area contributed by atoms with Gasteiger partial charge in [-0.15, -0.1) is 0 Å². The van der Waals surface area contributed by atoms with Gasteiger partial charge in [-0.25, -0.2) is 0 Å². The minimum atomic E-state index is 0.0346. The Morgan fingerprint density at radius 1 is 1.29 bits per heavy atom. The Morgan fingerprint density at radius 3 is 2.71 bits per heavy atom. The third-order valence-electron chi connectivity index (χ3n) is 3.49. The normalized spacial score (nSPS) is 16.0. The molecule has 0 spiro atoms. The predicted octanol–water partition coefficient (Wildman–Crippen LogP) is 1.51. The van der Waals surface area contributed by atoms with Crippen LogP contribution < -0.4 is 15.4 Å². The minimum Gasteiger partial charge on any atom is -0.473 e. The van der Waals surface area contributed by atoms with Gasteiger partial charge < -0.3 is 20.3 Å². The molecule has 0 aliphatic carbocycles. The number of carbonyl (C=O) groups excluding carboxylic acids is 1. The van der Waals surface area contributed by atoms with Gasteiger partial charge in [-0.05, 0) is 32.4 Å². The molecule has 0 bridgehead atoms. The van der Waals surface area contributed by atoms with Crippen LogP contribution in [0.1, 0.15) is 27.2 Å². The average Bonchev–Trinajstić information content (AvgIpc) is 2.66.